The Hall–Kier alpha value is -3.16. The fourth-order valence-electron chi connectivity index (χ4n) is 3.38. The highest BCUT2D eigenvalue weighted by atomic mass is 16.5. The highest BCUT2D eigenvalue weighted by Crippen LogP contribution is 2.27. The van der Waals surface area contributed by atoms with Crippen molar-refractivity contribution < 1.29 is 14.3 Å². The maximum atomic E-state index is 12.7. The van der Waals surface area contributed by atoms with Crippen molar-refractivity contribution in [2.24, 2.45) is 7.05 Å². The summed E-state index contributed by atoms with van der Waals surface area (Å²) in [5.74, 6) is -0.191. The number of aryl methyl sites for hydroxylation is 2. The Bertz CT molecular complexity index is 1030. The smallest absolute Gasteiger partial charge is 0.263 e. The molecule has 0 unspecified atom stereocenters. The van der Waals surface area contributed by atoms with E-state index in [1.54, 1.807) is 31.0 Å². The van der Waals surface area contributed by atoms with Gasteiger partial charge in [-0.15, -0.1) is 0 Å². The molecule has 1 aliphatic heterocycles. The van der Waals surface area contributed by atoms with Gasteiger partial charge in [-0.3, -0.25) is 14.4 Å². The molecule has 0 saturated carbocycles. The third kappa shape index (κ3) is 3.26. The summed E-state index contributed by atoms with van der Waals surface area (Å²) in [5, 5.41) is 2.75. The number of methoxy groups -OCH3 is 1. The van der Waals surface area contributed by atoms with Gasteiger partial charge in [-0.05, 0) is 38.5 Å². The fourth-order valence-corrected chi connectivity index (χ4v) is 3.38. The minimum Gasteiger partial charge on any atom is -0.481 e. The van der Waals surface area contributed by atoms with Crippen molar-refractivity contribution in [2.75, 3.05) is 13.7 Å². The second kappa shape index (κ2) is 7.46. The normalized spacial score (nSPS) is 12.9. The summed E-state index contributed by atoms with van der Waals surface area (Å²) in [6.45, 7) is 6.60. The Kier molecular flexibility index (Phi) is 5.22. The average Bonchev–Trinajstić information content (AvgIpc) is 2.98. The van der Waals surface area contributed by atoms with Gasteiger partial charge in [0.05, 0.1) is 24.9 Å². The first-order valence-corrected chi connectivity index (χ1v) is 9.09. The van der Waals surface area contributed by atoms with Crippen LogP contribution in [0.2, 0.25) is 0 Å². The van der Waals surface area contributed by atoms with Crippen LogP contribution in [0, 0.1) is 13.8 Å². The van der Waals surface area contributed by atoms with E-state index in [1.165, 1.54) is 11.7 Å². The van der Waals surface area contributed by atoms with E-state index < -0.39 is 5.91 Å². The number of rotatable bonds is 5. The van der Waals surface area contributed by atoms with Crippen LogP contribution in [0.15, 0.2) is 16.9 Å². The maximum absolute atomic E-state index is 12.7. The lowest BCUT2D eigenvalue weighted by atomic mass is 10.1. The van der Waals surface area contributed by atoms with E-state index in [0.29, 0.717) is 41.4 Å². The number of carbonyl (C=O) groups excluding carboxylic acids is 2. The Morgan fingerprint density at radius 3 is 2.64 bits per heavy atom. The molecular formula is C20H24N4O4. The van der Waals surface area contributed by atoms with Crippen LogP contribution in [0.3, 0.4) is 0 Å². The first kappa shape index (κ1) is 19.6. The molecule has 0 fully saturated rings. The number of ether oxygens (including phenoxy) is 1. The molecule has 1 aliphatic rings. The van der Waals surface area contributed by atoms with Gasteiger partial charge in [0.25, 0.3) is 17.4 Å². The number of pyridine rings is 2. The van der Waals surface area contributed by atoms with Crippen LogP contribution in [-0.4, -0.2) is 39.9 Å². The van der Waals surface area contributed by atoms with Crippen molar-refractivity contribution >= 4 is 11.8 Å². The molecule has 148 valence electrons. The lowest BCUT2D eigenvalue weighted by molar-refractivity contribution is 0.0786. The van der Waals surface area contributed by atoms with E-state index in [9.17, 15) is 14.4 Å². The molecular weight excluding hydrogens is 360 g/mol. The van der Waals surface area contributed by atoms with Gasteiger partial charge in [0.1, 0.15) is 5.56 Å². The Labute approximate surface area is 163 Å². The summed E-state index contributed by atoms with van der Waals surface area (Å²) < 4.78 is 6.78. The third-order valence-corrected chi connectivity index (χ3v) is 5.11. The van der Waals surface area contributed by atoms with Gasteiger partial charge in [-0.1, -0.05) is 0 Å². The number of nitrogens with zero attached hydrogens (tertiary/aromatic N) is 3. The van der Waals surface area contributed by atoms with Crippen LogP contribution in [0.1, 0.15) is 50.2 Å². The van der Waals surface area contributed by atoms with Crippen LogP contribution < -0.4 is 15.6 Å². The number of aromatic nitrogens is 2. The van der Waals surface area contributed by atoms with E-state index in [1.807, 2.05) is 13.8 Å². The van der Waals surface area contributed by atoms with Gasteiger partial charge < -0.3 is 19.5 Å². The first-order valence-electron chi connectivity index (χ1n) is 9.09. The van der Waals surface area contributed by atoms with E-state index in [0.717, 1.165) is 5.69 Å². The number of nitrogens with one attached hydrogen (secondary N) is 1. The molecule has 8 nitrogen and oxygen atoms in total. The number of carbonyl (C=O) groups is 2. The predicted molar refractivity (Wildman–Crippen MR) is 104 cm³/mol. The lowest BCUT2D eigenvalue weighted by Crippen LogP contribution is -2.34. The minimum absolute atomic E-state index is 0.0801. The molecule has 2 aromatic heterocycles. The zero-order valence-corrected chi connectivity index (χ0v) is 16.8. The van der Waals surface area contributed by atoms with Crippen LogP contribution in [0.5, 0.6) is 5.88 Å². The lowest BCUT2D eigenvalue weighted by Gasteiger charge is -2.13. The number of amides is 2. The highest BCUT2D eigenvalue weighted by Gasteiger charge is 2.29. The van der Waals surface area contributed by atoms with Gasteiger partial charge in [0.15, 0.2) is 0 Å². The zero-order chi connectivity index (χ0) is 20.6. The molecule has 0 aliphatic carbocycles. The summed E-state index contributed by atoms with van der Waals surface area (Å²) in [5.41, 5.74) is 2.93. The van der Waals surface area contributed by atoms with Crippen LogP contribution in [-0.2, 0) is 20.1 Å². The van der Waals surface area contributed by atoms with Crippen molar-refractivity contribution in [3.63, 3.8) is 0 Å². The number of hydrogen-bond donors (Lipinski definition) is 1. The highest BCUT2D eigenvalue weighted by molar-refractivity contribution is 5.98. The molecule has 0 bridgehead atoms. The van der Waals surface area contributed by atoms with E-state index in [4.69, 9.17) is 4.74 Å². The molecule has 0 radical (unpaired) electrons. The number of fused-ring (bicyclic) bond motifs is 1. The second-order valence-corrected chi connectivity index (χ2v) is 6.86. The summed E-state index contributed by atoms with van der Waals surface area (Å²) in [4.78, 5) is 43.7. The molecule has 0 aromatic carbocycles. The summed E-state index contributed by atoms with van der Waals surface area (Å²) in [7, 11) is 3.13. The van der Waals surface area contributed by atoms with Gasteiger partial charge in [-0.25, -0.2) is 4.98 Å². The van der Waals surface area contributed by atoms with Gasteiger partial charge in [-0.2, -0.15) is 0 Å². The fraction of sp³-hybridized carbons (Fsp3) is 0.400. The van der Waals surface area contributed by atoms with Crippen LogP contribution in [0.4, 0.5) is 0 Å². The van der Waals surface area contributed by atoms with Crippen LogP contribution in [0.25, 0.3) is 0 Å². The van der Waals surface area contributed by atoms with E-state index in [-0.39, 0.29) is 23.6 Å². The summed E-state index contributed by atoms with van der Waals surface area (Å²) in [6.07, 6.45) is 0. The standard InChI is InChI=1S/C20H24N4O4/c1-6-24-10-15-14(19(24)26)8-13(18(22-15)28-5)9-21-17(25)16-11(2)7-12(3)23(4)20(16)27/h7-8H,6,9-10H2,1-5H3,(H,21,25). The largest absolute Gasteiger partial charge is 0.481 e. The Morgan fingerprint density at radius 2 is 2.00 bits per heavy atom. The van der Waals surface area contributed by atoms with E-state index >= 15 is 0 Å². The minimum atomic E-state index is -0.470. The van der Waals surface area contributed by atoms with Crippen LogP contribution >= 0.6 is 0 Å². The first-order chi connectivity index (χ1) is 13.3. The second-order valence-electron chi connectivity index (χ2n) is 6.86. The summed E-state index contributed by atoms with van der Waals surface area (Å²) in [6, 6.07) is 3.51. The van der Waals surface area contributed by atoms with Crippen molar-refractivity contribution in [2.45, 2.75) is 33.9 Å². The zero-order valence-electron chi connectivity index (χ0n) is 16.8. The SMILES string of the molecule is CCN1Cc2nc(OC)c(CNC(=O)c3c(C)cc(C)n(C)c3=O)cc2C1=O. The van der Waals surface area contributed by atoms with Gasteiger partial charge in [0.2, 0.25) is 5.88 Å². The van der Waals surface area contributed by atoms with E-state index in [2.05, 4.69) is 10.3 Å². The monoisotopic (exact) mass is 384 g/mol. The molecule has 0 saturated heterocycles. The van der Waals surface area contributed by atoms with Gasteiger partial charge in [0, 0.05) is 31.4 Å². The maximum Gasteiger partial charge on any atom is 0.263 e. The molecule has 2 amide bonds. The predicted octanol–water partition coefficient (Wildman–Crippen LogP) is 1.31. The van der Waals surface area contributed by atoms with Gasteiger partial charge >= 0.3 is 0 Å². The van der Waals surface area contributed by atoms with Crippen molar-refractivity contribution in [1.82, 2.24) is 19.8 Å². The molecule has 2 aromatic rings. The van der Waals surface area contributed by atoms with Crippen molar-refractivity contribution in [3.8, 4) is 5.88 Å². The molecule has 0 atom stereocenters. The summed E-state index contributed by atoms with van der Waals surface area (Å²) >= 11 is 0. The van der Waals surface area contributed by atoms with Crippen molar-refractivity contribution in [3.05, 3.63) is 56.1 Å². The molecule has 3 heterocycles. The number of hydrogen-bond acceptors (Lipinski definition) is 5. The quantitative estimate of drug-likeness (QED) is 0.839. The molecule has 3 rings (SSSR count). The Balaban J connectivity index is 1.87. The molecule has 28 heavy (non-hydrogen) atoms. The molecule has 1 N–H and O–H groups in total. The third-order valence-electron chi connectivity index (χ3n) is 5.11. The average molecular weight is 384 g/mol. The topological polar surface area (TPSA) is 93.5 Å². The Morgan fingerprint density at radius 1 is 1.29 bits per heavy atom. The van der Waals surface area contributed by atoms with Crippen molar-refractivity contribution in [1.29, 1.82) is 0 Å². The molecule has 0 spiro atoms. The molecule has 8 heteroatoms.